The molecule has 1 aromatic heterocycles. The number of carbonyl (C=O) groups excluding carboxylic acids is 1. The van der Waals surface area contributed by atoms with Crippen molar-refractivity contribution in [1.29, 1.82) is 0 Å². The molecule has 98 valence electrons. The fourth-order valence-corrected chi connectivity index (χ4v) is 3.40. The zero-order valence-corrected chi connectivity index (χ0v) is 10.8. The summed E-state index contributed by atoms with van der Waals surface area (Å²) in [5.41, 5.74) is -0.625. The molecule has 2 aliphatic heterocycles. The molecule has 0 unspecified atom stereocenters. The second kappa shape index (κ2) is 4.03. The zero-order chi connectivity index (χ0) is 12.9. The standard InChI is InChI=1S/C12H15NO4S/c1-7(14)9-2-3-10(18-9)13-5-12(6-13)11(16)8(15)4-17-12/h2-3,8,11,15-16H,4-6H2,1H3/t8-,11-/m1/s1. The van der Waals surface area contributed by atoms with Gasteiger partial charge in [0.05, 0.1) is 29.6 Å². The Kier molecular flexibility index (Phi) is 2.71. The van der Waals surface area contributed by atoms with Gasteiger partial charge in [-0.25, -0.2) is 0 Å². The Bertz CT molecular complexity index is 480. The molecule has 0 amide bonds. The summed E-state index contributed by atoms with van der Waals surface area (Å²) in [7, 11) is 0. The van der Waals surface area contributed by atoms with Crippen molar-refractivity contribution in [3.8, 4) is 0 Å². The predicted molar refractivity (Wildman–Crippen MR) is 67.2 cm³/mol. The topological polar surface area (TPSA) is 70.0 Å². The van der Waals surface area contributed by atoms with Gasteiger partial charge in [0.25, 0.3) is 0 Å². The molecule has 6 heteroatoms. The third kappa shape index (κ3) is 1.68. The summed E-state index contributed by atoms with van der Waals surface area (Å²) in [6.45, 7) is 2.86. The van der Waals surface area contributed by atoms with Crippen LogP contribution in [0.1, 0.15) is 16.6 Å². The lowest BCUT2D eigenvalue weighted by Gasteiger charge is -2.49. The van der Waals surface area contributed by atoms with Gasteiger partial charge in [-0.2, -0.15) is 0 Å². The van der Waals surface area contributed by atoms with Gasteiger partial charge in [0.2, 0.25) is 0 Å². The second-order valence-corrected chi connectivity index (χ2v) is 6.00. The van der Waals surface area contributed by atoms with E-state index in [0.29, 0.717) is 13.1 Å². The monoisotopic (exact) mass is 269 g/mol. The van der Waals surface area contributed by atoms with Gasteiger partial charge in [0, 0.05) is 0 Å². The third-order valence-electron chi connectivity index (χ3n) is 3.61. The van der Waals surface area contributed by atoms with Crippen LogP contribution in [0.25, 0.3) is 0 Å². The number of hydrogen-bond acceptors (Lipinski definition) is 6. The maximum absolute atomic E-state index is 11.2. The van der Waals surface area contributed by atoms with Gasteiger partial charge >= 0.3 is 0 Å². The number of anilines is 1. The molecule has 2 fully saturated rings. The fourth-order valence-electron chi connectivity index (χ4n) is 2.50. The number of aliphatic hydroxyl groups excluding tert-OH is 2. The summed E-state index contributed by atoms with van der Waals surface area (Å²) in [6, 6.07) is 3.72. The molecule has 1 spiro atoms. The summed E-state index contributed by atoms with van der Waals surface area (Å²) in [5.74, 6) is 0.0639. The van der Waals surface area contributed by atoms with Gasteiger partial charge in [-0.3, -0.25) is 4.79 Å². The van der Waals surface area contributed by atoms with Crippen LogP contribution in [0.5, 0.6) is 0 Å². The molecule has 0 aliphatic carbocycles. The van der Waals surface area contributed by atoms with E-state index in [1.165, 1.54) is 11.3 Å². The number of Topliss-reactive ketones (excluding diaryl/α,β-unsaturated/α-hetero) is 1. The molecule has 0 radical (unpaired) electrons. The molecule has 0 aromatic carbocycles. The quantitative estimate of drug-likeness (QED) is 0.754. The molecular formula is C12H15NO4S. The number of ether oxygens (including phenoxy) is 1. The lowest BCUT2D eigenvalue weighted by molar-refractivity contribution is -0.0810. The summed E-state index contributed by atoms with van der Waals surface area (Å²) in [4.78, 5) is 14.0. The molecule has 2 aliphatic rings. The molecule has 3 heterocycles. The Morgan fingerprint density at radius 3 is 2.72 bits per heavy atom. The summed E-state index contributed by atoms with van der Waals surface area (Å²) < 4.78 is 5.50. The molecule has 0 bridgehead atoms. The van der Waals surface area contributed by atoms with Crippen LogP contribution in [-0.4, -0.2) is 53.5 Å². The predicted octanol–water partition coefficient (Wildman–Crippen LogP) is 0.262. The van der Waals surface area contributed by atoms with Crippen molar-refractivity contribution in [3.63, 3.8) is 0 Å². The minimum Gasteiger partial charge on any atom is -0.388 e. The maximum Gasteiger partial charge on any atom is 0.169 e. The Hall–Kier alpha value is -0.950. The molecule has 2 atom stereocenters. The second-order valence-electron chi connectivity index (χ2n) is 4.94. The van der Waals surface area contributed by atoms with Crippen molar-refractivity contribution >= 4 is 22.1 Å². The van der Waals surface area contributed by atoms with Gasteiger partial charge in [0.15, 0.2) is 5.78 Å². The van der Waals surface area contributed by atoms with E-state index < -0.39 is 17.8 Å². The first-order valence-corrected chi connectivity index (χ1v) is 6.69. The number of carbonyl (C=O) groups is 1. The summed E-state index contributed by atoms with van der Waals surface area (Å²) >= 11 is 1.45. The first-order chi connectivity index (χ1) is 8.52. The van der Waals surface area contributed by atoms with Crippen molar-refractivity contribution in [2.45, 2.75) is 24.7 Å². The van der Waals surface area contributed by atoms with Crippen LogP contribution in [0, 0.1) is 0 Å². The number of aliphatic hydroxyl groups is 2. The van der Waals surface area contributed by atoms with E-state index in [2.05, 4.69) is 4.90 Å². The van der Waals surface area contributed by atoms with Crippen molar-refractivity contribution in [1.82, 2.24) is 0 Å². The van der Waals surface area contributed by atoms with Gasteiger partial charge in [-0.1, -0.05) is 0 Å². The molecule has 1 aromatic rings. The van der Waals surface area contributed by atoms with Crippen molar-refractivity contribution in [3.05, 3.63) is 17.0 Å². The van der Waals surface area contributed by atoms with E-state index in [4.69, 9.17) is 4.74 Å². The minimum absolute atomic E-state index is 0.0639. The minimum atomic E-state index is -0.819. The third-order valence-corrected chi connectivity index (χ3v) is 4.86. The van der Waals surface area contributed by atoms with Crippen molar-refractivity contribution in [2.24, 2.45) is 0 Å². The van der Waals surface area contributed by atoms with Crippen LogP contribution in [0.15, 0.2) is 12.1 Å². The Labute approximate surface area is 109 Å². The SMILES string of the molecule is CC(=O)c1ccc(N2CC3(C2)OC[C@@H](O)[C@H]3O)s1. The van der Waals surface area contributed by atoms with Gasteiger partial charge in [-0.05, 0) is 19.1 Å². The Morgan fingerprint density at radius 1 is 1.50 bits per heavy atom. The van der Waals surface area contributed by atoms with Gasteiger partial charge in [0.1, 0.15) is 17.8 Å². The molecule has 3 rings (SSSR count). The molecule has 2 N–H and O–H groups in total. The van der Waals surface area contributed by atoms with E-state index >= 15 is 0 Å². The average molecular weight is 269 g/mol. The van der Waals surface area contributed by atoms with E-state index in [9.17, 15) is 15.0 Å². The maximum atomic E-state index is 11.2. The van der Waals surface area contributed by atoms with Crippen LogP contribution >= 0.6 is 11.3 Å². The molecule has 5 nitrogen and oxygen atoms in total. The smallest absolute Gasteiger partial charge is 0.169 e. The molecule has 18 heavy (non-hydrogen) atoms. The zero-order valence-electron chi connectivity index (χ0n) is 10.00. The highest BCUT2D eigenvalue weighted by molar-refractivity contribution is 7.18. The molecule has 2 saturated heterocycles. The van der Waals surface area contributed by atoms with Crippen molar-refractivity contribution in [2.75, 3.05) is 24.6 Å². The van der Waals surface area contributed by atoms with Crippen LogP contribution in [0.3, 0.4) is 0 Å². The normalized spacial score (nSPS) is 29.6. The van der Waals surface area contributed by atoms with Crippen LogP contribution in [0.4, 0.5) is 5.00 Å². The number of thiophene rings is 1. The van der Waals surface area contributed by atoms with E-state index in [0.717, 1.165) is 9.88 Å². The lowest BCUT2D eigenvalue weighted by atomic mass is 9.87. The number of nitrogens with zero attached hydrogens (tertiary/aromatic N) is 1. The van der Waals surface area contributed by atoms with Crippen LogP contribution in [0.2, 0.25) is 0 Å². The van der Waals surface area contributed by atoms with E-state index in [-0.39, 0.29) is 12.4 Å². The fraction of sp³-hybridized carbons (Fsp3) is 0.583. The lowest BCUT2D eigenvalue weighted by Crippen LogP contribution is -2.67. The molecule has 0 saturated carbocycles. The Morgan fingerprint density at radius 2 is 2.22 bits per heavy atom. The van der Waals surface area contributed by atoms with Gasteiger partial charge in [-0.15, -0.1) is 11.3 Å². The van der Waals surface area contributed by atoms with Crippen molar-refractivity contribution < 1.29 is 19.7 Å². The summed E-state index contributed by atoms with van der Waals surface area (Å²) in [6.07, 6.45) is -1.61. The van der Waals surface area contributed by atoms with E-state index in [1.807, 2.05) is 12.1 Å². The largest absolute Gasteiger partial charge is 0.388 e. The molecular weight excluding hydrogens is 254 g/mol. The highest BCUT2D eigenvalue weighted by Crippen LogP contribution is 2.40. The number of hydrogen-bond donors (Lipinski definition) is 2. The highest BCUT2D eigenvalue weighted by atomic mass is 32.1. The first kappa shape index (κ1) is 12.1. The number of rotatable bonds is 2. The first-order valence-electron chi connectivity index (χ1n) is 5.88. The van der Waals surface area contributed by atoms with E-state index in [1.54, 1.807) is 6.92 Å². The summed E-state index contributed by atoms with van der Waals surface area (Å²) in [5, 5.41) is 20.4. The van der Waals surface area contributed by atoms with Gasteiger partial charge < -0.3 is 19.8 Å². The highest BCUT2D eigenvalue weighted by Gasteiger charge is 2.56. The Balaban J connectivity index is 1.70. The number of ketones is 1. The van der Waals surface area contributed by atoms with Crippen LogP contribution < -0.4 is 4.90 Å². The average Bonchev–Trinajstić information content (AvgIpc) is 2.84. The van der Waals surface area contributed by atoms with Crippen LogP contribution in [-0.2, 0) is 4.74 Å².